The number of nitrogens with one attached hydrogen (secondary N) is 1. The molecule has 0 spiro atoms. The van der Waals surface area contributed by atoms with Gasteiger partial charge in [-0.2, -0.15) is 0 Å². The lowest BCUT2D eigenvalue weighted by Gasteiger charge is -2.35. The third-order valence-electron chi connectivity index (χ3n) is 3.50. The molecule has 108 valence electrons. The maximum atomic E-state index is 5.57. The van der Waals surface area contributed by atoms with Gasteiger partial charge >= 0.3 is 0 Å². The van der Waals surface area contributed by atoms with Crippen molar-refractivity contribution in [1.82, 2.24) is 4.98 Å². The first-order valence-corrected chi connectivity index (χ1v) is 8.01. The molecule has 5 heteroatoms. The van der Waals surface area contributed by atoms with Gasteiger partial charge in [-0.3, -0.25) is 0 Å². The van der Waals surface area contributed by atoms with Crippen molar-refractivity contribution in [3.8, 4) is 5.75 Å². The van der Waals surface area contributed by atoms with Gasteiger partial charge in [0.25, 0.3) is 0 Å². The van der Waals surface area contributed by atoms with E-state index in [9.17, 15) is 0 Å². The van der Waals surface area contributed by atoms with E-state index in [2.05, 4.69) is 16.4 Å². The summed E-state index contributed by atoms with van der Waals surface area (Å²) >= 11 is 1.69. The molecule has 0 unspecified atom stereocenters. The van der Waals surface area contributed by atoms with Crippen LogP contribution in [0.3, 0.4) is 0 Å². The van der Waals surface area contributed by atoms with E-state index in [0.29, 0.717) is 18.8 Å². The molecule has 0 atom stereocenters. The van der Waals surface area contributed by atoms with Gasteiger partial charge in [-0.25, -0.2) is 4.98 Å². The van der Waals surface area contributed by atoms with Crippen molar-refractivity contribution in [3.05, 3.63) is 18.2 Å². The molecule has 1 aliphatic carbocycles. The molecule has 1 saturated carbocycles. The van der Waals surface area contributed by atoms with E-state index in [4.69, 9.17) is 9.47 Å². The number of anilines is 1. The summed E-state index contributed by atoms with van der Waals surface area (Å²) in [5.74, 6) is 0.912. The van der Waals surface area contributed by atoms with Crippen LogP contribution in [0.5, 0.6) is 5.75 Å². The molecule has 1 fully saturated rings. The van der Waals surface area contributed by atoms with E-state index in [1.807, 2.05) is 26.0 Å². The van der Waals surface area contributed by atoms with Gasteiger partial charge in [0.1, 0.15) is 5.75 Å². The molecule has 0 saturated heterocycles. The molecule has 0 radical (unpaired) electrons. The van der Waals surface area contributed by atoms with Gasteiger partial charge in [-0.05, 0) is 44.9 Å². The first-order valence-electron chi connectivity index (χ1n) is 7.20. The molecular formula is C15H20N2O2S. The summed E-state index contributed by atoms with van der Waals surface area (Å²) in [5.41, 5.74) is 1.03. The summed E-state index contributed by atoms with van der Waals surface area (Å²) < 4.78 is 12.3. The van der Waals surface area contributed by atoms with Gasteiger partial charge in [-0.15, -0.1) is 0 Å². The summed E-state index contributed by atoms with van der Waals surface area (Å²) in [6.45, 7) is 5.54. The Bertz CT molecular complexity index is 578. The molecule has 3 rings (SSSR count). The quantitative estimate of drug-likeness (QED) is 0.882. The molecular weight excluding hydrogens is 272 g/mol. The highest BCUT2D eigenvalue weighted by Gasteiger charge is 2.29. The van der Waals surface area contributed by atoms with Gasteiger partial charge in [0, 0.05) is 12.6 Å². The van der Waals surface area contributed by atoms with Crippen LogP contribution in [0.1, 0.15) is 26.7 Å². The van der Waals surface area contributed by atoms with E-state index < -0.39 is 0 Å². The predicted octanol–water partition coefficient (Wildman–Crippen LogP) is 3.67. The van der Waals surface area contributed by atoms with E-state index in [0.717, 1.165) is 35.8 Å². The summed E-state index contributed by atoms with van der Waals surface area (Å²) in [4.78, 5) is 4.62. The van der Waals surface area contributed by atoms with Gasteiger partial charge in [0.15, 0.2) is 5.13 Å². The third kappa shape index (κ3) is 2.88. The van der Waals surface area contributed by atoms with Crippen LogP contribution >= 0.6 is 11.3 Å². The fourth-order valence-electron chi connectivity index (χ4n) is 2.45. The molecule has 1 aliphatic rings. The Hall–Kier alpha value is -1.33. The van der Waals surface area contributed by atoms with Crippen molar-refractivity contribution in [1.29, 1.82) is 0 Å². The van der Waals surface area contributed by atoms with Crippen molar-refractivity contribution in [2.75, 3.05) is 18.5 Å². The van der Waals surface area contributed by atoms with Crippen LogP contribution in [0.4, 0.5) is 5.13 Å². The van der Waals surface area contributed by atoms with Crippen molar-refractivity contribution < 1.29 is 9.47 Å². The Balaban J connectivity index is 1.64. The van der Waals surface area contributed by atoms with Crippen molar-refractivity contribution in [3.63, 3.8) is 0 Å². The van der Waals surface area contributed by atoms with Gasteiger partial charge < -0.3 is 14.8 Å². The van der Waals surface area contributed by atoms with Crippen LogP contribution in [0.2, 0.25) is 0 Å². The summed E-state index contributed by atoms with van der Waals surface area (Å²) in [5, 5.41) is 4.49. The number of hydrogen-bond donors (Lipinski definition) is 1. The van der Waals surface area contributed by atoms with Crippen molar-refractivity contribution in [2.45, 2.75) is 38.8 Å². The van der Waals surface area contributed by atoms with Crippen LogP contribution in [0.25, 0.3) is 10.2 Å². The van der Waals surface area contributed by atoms with Gasteiger partial charge in [0.05, 0.1) is 22.9 Å². The van der Waals surface area contributed by atoms with Crippen LogP contribution in [-0.2, 0) is 4.74 Å². The minimum absolute atomic E-state index is 0.427. The average molecular weight is 292 g/mol. The summed E-state index contributed by atoms with van der Waals surface area (Å²) in [6, 6.07) is 6.56. The average Bonchev–Trinajstić information content (AvgIpc) is 2.78. The van der Waals surface area contributed by atoms with Gasteiger partial charge in [0.2, 0.25) is 0 Å². The van der Waals surface area contributed by atoms with Crippen LogP contribution < -0.4 is 10.1 Å². The highest BCUT2D eigenvalue weighted by Crippen LogP contribution is 2.32. The maximum Gasteiger partial charge on any atom is 0.184 e. The van der Waals surface area contributed by atoms with Crippen LogP contribution in [0, 0.1) is 0 Å². The number of nitrogens with zero attached hydrogens (tertiary/aromatic N) is 1. The normalized spacial score (nSPS) is 21.7. The van der Waals surface area contributed by atoms with E-state index >= 15 is 0 Å². The highest BCUT2D eigenvalue weighted by molar-refractivity contribution is 7.22. The second-order valence-electron chi connectivity index (χ2n) is 4.97. The van der Waals surface area contributed by atoms with Gasteiger partial charge in [-0.1, -0.05) is 11.3 Å². The zero-order valence-corrected chi connectivity index (χ0v) is 12.7. The Morgan fingerprint density at radius 2 is 2.15 bits per heavy atom. The van der Waals surface area contributed by atoms with E-state index in [-0.39, 0.29) is 0 Å². The second-order valence-corrected chi connectivity index (χ2v) is 6.00. The molecule has 4 nitrogen and oxygen atoms in total. The first-order chi connectivity index (χ1) is 9.78. The smallest absolute Gasteiger partial charge is 0.184 e. The highest BCUT2D eigenvalue weighted by atomic mass is 32.1. The third-order valence-corrected chi connectivity index (χ3v) is 4.45. The second kappa shape index (κ2) is 5.97. The molecule has 0 amide bonds. The summed E-state index contributed by atoms with van der Waals surface area (Å²) in [6.07, 6.45) is 2.58. The minimum atomic E-state index is 0.427. The maximum absolute atomic E-state index is 5.57. The molecule has 20 heavy (non-hydrogen) atoms. The Morgan fingerprint density at radius 1 is 1.30 bits per heavy atom. The standard InChI is InChI=1S/C15H20N2O2S/c1-3-18-11-5-6-13-14(9-11)20-15(17-13)16-10-7-12(8-10)19-4-2/h5-6,9-10,12H,3-4,7-8H2,1-2H3,(H,16,17). The van der Waals surface area contributed by atoms with Crippen LogP contribution in [0.15, 0.2) is 18.2 Å². The number of fused-ring (bicyclic) bond motifs is 1. The number of rotatable bonds is 6. The zero-order chi connectivity index (χ0) is 13.9. The van der Waals surface area contributed by atoms with E-state index in [1.54, 1.807) is 11.3 Å². The fraction of sp³-hybridized carbons (Fsp3) is 0.533. The zero-order valence-electron chi connectivity index (χ0n) is 11.9. The number of ether oxygens (including phenoxy) is 2. The SMILES string of the molecule is CCOc1ccc2nc(NC3CC(OCC)C3)sc2c1. The molecule has 2 aromatic rings. The number of thiazole rings is 1. The molecule has 1 aromatic heterocycles. The molecule has 1 heterocycles. The first kappa shape index (κ1) is 13.6. The Kier molecular flexibility index (Phi) is 4.08. The molecule has 0 aliphatic heterocycles. The number of hydrogen-bond acceptors (Lipinski definition) is 5. The van der Waals surface area contributed by atoms with Crippen LogP contribution in [-0.4, -0.2) is 30.3 Å². The monoisotopic (exact) mass is 292 g/mol. The summed E-state index contributed by atoms with van der Waals surface area (Å²) in [7, 11) is 0. The fourth-order valence-corrected chi connectivity index (χ4v) is 3.42. The number of aromatic nitrogens is 1. The van der Waals surface area contributed by atoms with Crippen molar-refractivity contribution >= 4 is 26.7 Å². The lowest BCUT2D eigenvalue weighted by atomic mass is 9.89. The Labute approximate surface area is 123 Å². The largest absolute Gasteiger partial charge is 0.494 e. The van der Waals surface area contributed by atoms with Crippen molar-refractivity contribution in [2.24, 2.45) is 0 Å². The lowest BCUT2D eigenvalue weighted by Crippen LogP contribution is -2.40. The Morgan fingerprint density at radius 3 is 2.90 bits per heavy atom. The molecule has 1 N–H and O–H groups in total. The predicted molar refractivity (Wildman–Crippen MR) is 82.8 cm³/mol. The minimum Gasteiger partial charge on any atom is -0.494 e. The number of benzene rings is 1. The topological polar surface area (TPSA) is 43.4 Å². The lowest BCUT2D eigenvalue weighted by molar-refractivity contribution is 0.00299. The molecule has 1 aromatic carbocycles. The van der Waals surface area contributed by atoms with E-state index in [1.165, 1.54) is 4.70 Å². The molecule has 0 bridgehead atoms.